The van der Waals surface area contributed by atoms with E-state index in [-0.39, 0.29) is 6.42 Å². The molecule has 0 aliphatic heterocycles. The van der Waals surface area contributed by atoms with Gasteiger partial charge in [-0.15, -0.1) is 11.3 Å². The fourth-order valence-electron chi connectivity index (χ4n) is 1.20. The standard InChI is InChI=1S/C10H9N3O2S/c14-9(15)6-7-2-1-3-8(12-7)13-10-11-4-5-16-10/h1-5H,6H2,(H,14,15)(H,11,12,13). The van der Waals surface area contributed by atoms with Gasteiger partial charge in [-0.25, -0.2) is 9.97 Å². The summed E-state index contributed by atoms with van der Waals surface area (Å²) in [5.74, 6) is -0.285. The molecule has 0 atom stereocenters. The zero-order valence-electron chi connectivity index (χ0n) is 8.25. The molecule has 2 aromatic rings. The van der Waals surface area contributed by atoms with Gasteiger partial charge in [0, 0.05) is 11.6 Å². The van der Waals surface area contributed by atoms with Crippen LogP contribution in [0.3, 0.4) is 0 Å². The smallest absolute Gasteiger partial charge is 0.309 e. The second kappa shape index (κ2) is 4.71. The quantitative estimate of drug-likeness (QED) is 0.846. The van der Waals surface area contributed by atoms with E-state index in [0.717, 1.165) is 5.13 Å². The average Bonchev–Trinajstić information content (AvgIpc) is 2.70. The number of aliphatic carboxylic acids is 1. The number of aromatic nitrogens is 2. The molecule has 0 aromatic carbocycles. The zero-order valence-corrected chi connectivity index (χ0v) is 9.07. The van der Waals surface area contributed by atoms with Gasteiger partial charge in [0.2, 0.25) is 0 Å². The molecule has 2 heterocycles. The number of carboxylic acids is 1. The van der Waals surface area contributed by atoms with Gasteiger partial charge in [-0.05, 0) is 12.1 Å². The van der Waals surface area contributed by atoms with E-state index in [0.29, 0.717) is 11.5 Å². The van der Waals surface area contributed by atoms with Crippen LogP contribution in [0.4, 0.5) is 10.9 Å². The number of carbonyl (C=O) groups is 1. The van der Waals surface area contributed by atoms with Crippen LogP contribution in [0.15, 0.2) is 29.8 Å². The number of thiazole rings is 1. The van der Waals surface area contributed by atoms with E-state index >= 15 is 0 Å². The number of hydrogen-bond acceptors (Lipinski definition) is 5. The highest BCUT2D eigenvalue weighted by atomic mass is 32.1. The molecule has 0 amide bonds. The van der Waals surface area contributed by atoms with Crippen molar-refractivity contribution in [3.63, 3.8) is 0 Å². The van der Waals surface area contributed by atoms with Gasteiger partial charge in [0.25, 0.3) is 0 Å². The summed E-state index contributed by atoms with van der Waals surface area (Å²) < 4.78 is 0. The van der Waals surface area contributed by atoms with Gasteiger partial charge in [-0.1, -0.05) is 6.07 Å². The van der Waals surface area contributed by atoms with Crippen molar-refractivity contribution in [1.29, 1.82) is 0 Å². The lowest BCUT2D eigenvalue weighted by Gasteiger charge is -2.03. The number of nitrogens with zero attached hydrogens (tertiary/aromatic N) is 2. The molecule has 16 heavy (non-hydrogen) atoms. The minimum atomic E-state index is -0.890. The predicted molar refractivity (Wildman–Crippen MR) is 61.0 cm³/mol. The maximum absolute atomic E-state index is 10.5. The average molecular weight is 235 g/mol. The molecule has 0 fully saturated rings. The summed E-state index contributed by atoms with van der Waals surface area (Å²) in [5.41, 5.74) is 0.522. The molecular formula is C10H9N3O2S. The van der Waals surface area contributed by atoms with Crippen molar-refractivity contribution in [2.75, 3.05) is 5.32 Å². The summed E-state index contributed by atoms with van der Waals surface area (Å²) in [6, 6.07) is 5.22. The molecule has 5 nitrogen and oxygen atoms in total. The first kappa shape index (κ1) is 10.6. The topological polar surface area (TPSA) is 75.1 Å². The van der Waals surface area contributed by atoms with Crippen molar-refractivity contribution in [1.82, 2.24) is 9.97 Å². The first-order chi connectivity index (χ1) is 7.74. The Morgan fingerprint density at radius 2 is 2.38 bits per heavy atom. The summed E-state index contributed by atoms with van der Waals surface area (Å²) in [7, 11) is 0. The molecule has 0 saturated heterocycles. The van der Waals surface area contributed by atoms with Crippen LogP contribution in [0.1, 0.15) is 5.69 Å². The highest BCUT2D eigenvalue weighted by molar-refractivity contribution is 7.13. The van der Waals surface area contributed by atoms with Gasteiger partial charge in [-0.3, -0.25) is 4.79 Å². The molecule has 0 bridgehead atoms. The van der Waals surface area contributed by atoms with Crippen LogP contribution in [-0.4, -0.2) is 21.0 Å². The molecule has 82 valence electrons. The fourth-order valence-corrected chi connectivity index (χ4v) is 1.73. The normalized spacial score (nSPS) is 10.0. The minimum absolute atomic E-state index is 0.0760. The Kier molecular flexibility index (Phi) is 3.11. The lowest BCUT2D eigenvalue weighted by molar-refractivity contribution is -0.136. The minimum Gasteiger partial charge on any atom is -0.481 e. The van der Waals surface area contributed by atoms with E-state index in [9.17, 15) is 4.79 Å². The van der Waals surface area contributed by atoms with Crippen LogP contribution in [0.25, 0.3) is 0 Å². The number of nitrogens with one attached hydrogen (secondary N) is 1. The number of pyridine rings is 1. The first-order valence-corrected chi connectivity index (χ1v) is 5.46. The van der Waals surface area contributed by atoms with Crippen molar-refractivity contribution >= 4 is 28.3 Å². The maximum Gasteiger partial charge on any atom is 0.309 e. The zero-order chi connectivity index (χ0) is 11.4. The Balaban J connectivity index is 2.13. The predicted octanol–water partition coefficient (Wildman–Crippen LogP) is 1.91. The van der Waals surface area contributed by atoms with Crippen molar-refractivity contribution in [2.24, 2.45) is 0 Å². The van der Waals surface area contributed by atoms with Crippen LogP contribution in [-0.2, 0) is 11.2 Å². The van der Waals surface area contributed by atoms with E-state index in [1.807, 2.05) is 5.38 Å². The monoisotopic (exact) mass is 235 g/mol. The Bertz CT molecular complexity index is 485. The van der Waals surface area contributed by atoms with Crippen LogP contribution in [0, 0.1) is 0 Å². The third-order valence-corrected chi connectivity index (χ3v) is 2.49. The van der Waals surface area contributed by atoms with Crippen molar-refractivity contribution in [3.05, 3.63) is 35.5 Å². The van der Waals surface area contributed by atoms with Crippen LogP contribution in [0.5, 0.6) is 0 Å². The van der Waals surface area contributed by atoms with E-state index in [1.165, 1.54) is 11.3 Å². The Morgan fingerprint density at radius 3 is 3.06 bits per heavy atom. The lowest BCUT2D eigenvalue weighted by atomic mass is 10.3. The number of hydrogen-bond donors (Lipinski definition) is 2. The Morgan fingerprint density at radius 1 is 1.50 bits per heavy atom. The summed E-state index contributed by atoms with van der Waals surface area (Å²) in [4.78, 5) is 18.7. The SMILES string of the molecule is O=C(O)Cc1cccc(Nc2nccs2)n1. The number of rotatable bonds is 4. The largest absolute Gasteiger partial charge is 0.481 e. The molecular weight excluding hydrogens is 226 g/mol. The van der Waals surface area contributed by atoms with Gasteiger partial charge in [-0.2, -0.15) is 0 Å². The molecule has 0 saturated carbocycles. The highest BCUT2D eigenvalue weighted by Gasteiger charge is 2.03. The molecule has 0 radical (unpaired) electrons. The third-order valence-electron chi connectivity index (χ3n) is 1.81. The molecule has 0 aliphatic rings. The number of anilines is 2. The number of carboxylic acid groups (broad SMARTS) is 1. The Labute approximate surface area is 95.8 Å². The first-order valence-electron chi connectivity index (χ1n) is 4.58. The molecule has 0 spiro atoms. The van der Waals surface area contributed by atoms with E-state index in [4.69, 9.17) is 5.11 Å². The van der Waals surface area contributed by atoms with Crippen LogP contribution in [0.2, 0.25) is 0 Å². The van der Waals surface area contributed by atoms with Crippen molar-refractivity contribution in [3.8, 4) is 0 Å². The summed E-state index contributed by atoms with van der Waals surface area (Å²) in [6.07, 6.45) is 1.61. The highest BCUT2D eigenvalue weighted by Crippen LogP contribution is 2.16. The van der Waals surface area contributed by atoms with E-state index in [1.54, 1.807) is 24.4 Å². The van der Waals surface area contributed by atoms with Crippen molar-refractivity contribution < 1.29 is 9.90 Å². The molecule has 2 rings (SSSR count). The van der Waals surface area contributed by atoms with Crippen molar-refractivity contribution in [2.45, 2.75) is 6.42 Å². The van der Waals surface area contributed by atoms with Gasteiger partial charge in [0.05, 0.1) is 12.1 Å². The maximum atomic E-state index is 10.5. The van der Waals surface area contributed by atoms with Gasteiger partial charge >= 0.3 is 5.97 Å². The Hall–Kier alpha value is -1.95. The van der Waals surface area contributed by atoms with Gasteiger partial charge in [0.1, 0.15) is 5.82 Å². The van der Waals surface area contributed by atoms with Gasteiger partial charge < -0.3 is 10.4 Å². The molecule has 2 aromatic heterocycles. The second-order valence-corrected chi connectivity index (χ2v) is 3.94. The van der Waals surface area contributed by atoms with E-state index < -0.39 is 5.97 Å². The van der Waals surface area contributed by atoms with Crippen LogP contribution >= 0.6 is 11.3 Å². The summed E-state index contributed by atoms with van der Waals surface area (Å²) >= 11 is 1.46. The molecule has 0 aliphatic carbocycles. The molecule has 0 unspecified atom stereocenters. The summed E-state index contributed by atoms with van der Waals surface area (Å²) in [6.45, 7) is 0. The van der Waals surface area contributed by atoms with Gasteiger partial charge in [0.15, 0.2) is 5.13 Å². The molecule has 6 heteroatoms. The third kappa shape index (κ3) is 2.77. The second-order valence-electron chi connectivity index (χ2n) is 3.05. The van der Waals surface area contributed by atoms with Crippen LogP contribution < -0.4 is 5.32 Å². The van der Waals surface area contributed by atoms with E-state index in [2.05, 4.69) is 15.3 Å². The lowest BCUT2D eigenvalue weighted by Crippen LogP contribution is -2.03. The summed E-state index contributed by atoms with van der Waals surface area (Å²) in [5, 5.41) is 14.2. The molecule has 2 N–H and O–H groups in total. The fraction of sp³-hybridized carbons (Fsp3) is 0.100.